The fourth-order valence-corrected chi connectivity index (χ4v) is 2.72. The predicted octanol–water partition coefficient (Wildman–Crippen LogP) is 3.04. The summed E-state index contributed by atoms with van der Waals surface area (Å²) in [5.74, 6) is 0.147. The largest absolute Gasteiger partial charge is 0.361 e. The van der Waals surface area contributed by atoms with Crippen LogP contribution in [-0.2, 0) is 0 Å². The number of aromatic amines is 1. The number of H-pyrrole nitrogens is 1. The van der Waals surface area contributed by atoms with Gasteiger partial charge in [-0.25, -0.2) is 0 Å². The van der Waals surface area contributed by atoms with Gasteiger partial charge in [0.15, 0.2) is 0 Å². The number of hydrogen-bond donors (Lipinski definition) is 1. The molecule has 0 spiro atoms. The predicted molar refractivity (Wildman–Crippen MR) is 72.6 cm³/mol. The zero-order valence-corrected chi connectivity index (χ0v) is 10.9. The fourth-order valence-electron chi connectivity index (χ4n) is 2.72. The van der Waals surface area contributed by atoms with Crippen LogP contribution in [0, 0.1) is 5.41 Å². The Kier molecular flexibility index (Phi) is 2.44. The van der Waals surface area contributed by atoms with Gasteiger partial charge in [0, 0.05) is 24.7 Å². The Morgan fingerprint density at radius 1 is 1.33 bits per heavy atom. The summed E-state index contributed by atoms with van der Waals surface area (Å²) in [7, 11) is 0. The number of likely N-dealkylation sites (tertiary alicyclic amines) is 1. The SMILES string of the molecule is CC1(C)CCN(C(=O)c2cccc3cc[nH]c23)C1. The van der Waals surface area contributed by atoms with E-state index in [1.165, 1.54) is 0 Å². The molecule has 2 aromatic rings. The third kappa shape index (κ3) is 1.80. The van der Waals surface area contributed by atoms with Gasteiger partial charge in [-0.05, 0) is 24.0 Å². The van der Waals surface area contributed by atoms with Crippen LogP contribution < -0.4 is 0 Å². The molecule has 1 aromatic heterocycles. The van der Waals surface area contributed by atoms with Crippen LogP contribution in [0.1, 0.15) is 30.6 Å². The summed E-state index contributed by atoms with van der Waals surface area (Å²) in [5.41, 5.74) is 1.99. The van der Waals surface area contributed by atoms with Gasteiger partial charge in [-0.3, -0.25) is 4.79 Å². The molecule has 2 heterocycles. The lowest BCUT2D eigenvalue weighted by molar-refractivity contribution is 0.0780. The lowest BCUT2D eigenvalue weighted by Crippen LogP contribution is -2.30. The number of amides is 1. The molecule has 1 saturated heterocycles. The van der Waals surface area contributed by atoms with Gasteiger partial charge in [-0.2, -0.15) is 0 Å². The monoisotopic (exact) mass is 242 g/mol. The first kappa shape index (κ1) is 11.3. The fraction of sp³-hybridized carbons (Fsp3) is 0.400. The number of rotatable bonds is 1. The van der Waals surface area contributed by atoms with Crippen LogP contribution in [0.4, 0.5) is 0 Å². The number of nitrogens with one attached hydrogen (secondary N) is 1. The van der Waals surface area contributed by atoms with Crippen molar-refractivity contribution in [2.75, 3.05) is 13.1 Å². The highest BCUT2D eigenvalue weighted by Gasteiger charge is 2.32. The van der Waals surface area contributed by atoms with Gasteiger partial charge in [0.05, 0.1) is 11.1 Å². The maximum atomic E-state index is 12.6. The van der Waals surface area contributed by atoms with Crippen molar-refractivity contribution in [3.63, 3.8) is 0 Å². The van der Waals surface area contributed by atoms with E-state index >= 15 is 0 Å². The molecule has 3 heteroatoms. The first-order chi connectivity index (χ1) is 8.57. The minimum atomic E-state index is 0.147. The van der Waals surface area contributed by atoms with E-state index in [9.17, 15) is 4.79 Å². The highest BCUT2D eigenvalue weighted by molar-refractivity contribution is 6.05. The molecule has 0 unspecified atom stereocenters. The number of benzene rings is 1. The number of hydrogen-bond acceptors (Lipinski definition) is 1. The Balaban J connectivity index is 1.95. The van der Waals surface area contributed by atoms with Crippen molar-refractivity contribution < 1.29 is 4.79 Å². The van der Waals surface area contributed by atoms with E-state index in [0.717, 1.165) is 36.0 Å². The number of fused-ring (bicyclic) bond motifs is 1. The molecule has 0 atom stereocenters. The normalized spacial score (nSPS) is 18.4. The van der Waals surface area contributed by atoms with Gasteiger partial charge >= 0.3 is 0 Å². The second kappa shape index (κ2) is 3.87. The van der Waals surface area contributed by atoms with Crippen LogP contribution in [0.3, 0.4) is 0 Å². The van der Waals surface area contributed by atoms with Crippen molar-refractivity contribution in [2.45, 2.75) is 20.3 Å². The van der Waals surface area contributed by atoms with Gasteiger partial charge in [-0.1, -0.05) is 26.0 Å². The summed E-state index contributed by atoms with van der Waals surface area (Å²) < 4.78 is 0. The molecular weight excluding hydrogens is 224 g/mol. The highest BCUT2D eigenvalue weighted by Crippen LogP contribution is 2.30. The summed E-state index contributed by atoms with van der Waals surface area (Å²) >= 11 is 0. The molecule has 18 heavy (non-hydrogen) atoms. The molecule has 1 amide bonds. The van der Waals surface area contributed by atoms with E-state index in [2.05, 4.69) is 18.8 Å². The maximum Gasteiger partial charge on any atom is 0.256 e. The molecular formula is C15H18N2O. The third-order valence-corrected chi connectivity index (χ3v) is 3.78. The highest BCUT2D eigenvalue weighted by atomic mass is 16.2. The number of para-hydroxylation sites is 1. The van der Waals surface area contributed by atoms with Crippen molar-refractivity contribution in [3.8, 4) is 0 Å². The molecule has 1 N–H and O–H groups in total. The van der Waals surface area contributed by atoms with Gasteiger partial charge in [-0.15, -0.1) is 0 Å². The van der Waals surface area contributed by atoms with Crippen LogP contribution in [0.15, 0.2) is 30.5 Å². The van der Waals surface area contributed by atoms with E-state index < -0.39 is 0 Å². The summed E-state index contributed by atoms with van der Waals surface area (Å²) in [6, 6.07) is 7.88. The average Bonchev–Trinajstić information content (AvgIpc) is 2.93. The quantitative estimate of drug-likeness (QED) is 0.819. The van der Waals surface area contributed by atoms with E-state index in [1.54, 1.807) is 0 Å². The Labute approximate surface area is 107 Å². The molecule has 0 bridgehead atoms. The van der Waals surface area contributed by atoms with Crippen molar-refractivity contribution in [3.05, 3.63) is 36.0 Å². The van der Waals surface area contributed by atoms with E-state index in [4.69, 9.17) is 0 Å². The lowest BCUT2D eigenvalue weighted by Gasteiger charge is -2.20. The first-order valence-electron chi connectivity index (χ1n) is 6.42. The summed E-state index contributed by atoms with van der Waals surface area (Å²) in [5, 5.41) is 1.10. The topological polar surface area (TPSA) is 36.1 Å². The minimum Gasteiger partial charge on any atom is -0.361 e. The summed E-state index contributed by atoms with van der Waals surface area (Å²) in [4.78, 5) is 17.7. The molecule has 0 aliphatic carbocycles. The third-order valence-electron chi connectivity index (χ3n) is 3.78. The molecule has 1 fully saturated rings. The maximum absolute atomic E-state index is 12.6. The van der Waals surface area contributed by atoms with E-state index in [0.29, 0.717) is 0 Å². The number of nitrogens with zero attached hydrogens (tertiary/aromatic N) is 1. The van der Waals surface area contributed by atoms with Crippen molar-refractivity contribution in [1.82, 2.24) is 9.88 Å². The molecule has 3 rings (SSSR count). The second-order valence-corrected chi connectivity index (χ2v) is 5.89. The van der Waals surface area contributed by atoms with Crippen LogP contribution in [0.2, 0.25) is 0 Å². The van der Waals surface area contributed by atoms with Crippen LogP contribution >= 0.6 is 0 Å². The first-order valence-corrected chi connectivity index (χ1v) is 6.42. The van der Waals surface area contributed by atoms with Crippen molar-refractivity contribution >= 4 is 16.8 Å². The Hall–Kier alpha value is -1.77. The van der Waals surface area contributed by atoms with E-state index in [-0.39, 0.29) is 11.3 Å². The van der Waals surface area contributed by atoms with E-state index in [1.807, 2.05) is 35.4 Å². The smallest absolute Gasteiger partial charge is 0.256 e. The zero-order chi connectivity index (χ0) is 12.8. The second-order valence-electron chi connectivity index (χ2n) is 5.89. The number of carbonyl (C=O) groups is 1. The lowest BCUT2D eigenvalue weighted by atomic mass is 9.93. The van der Waals surface area contributed by atoms with Gasteiger partial charge in [0.2, 0.25) is 0 Å². The molecule has 3 nitrogen and oxygen atoms in total. The average molecular weight is 242 g/mol. The van der Waals surface area contributed by atoms with Crippen LogP contribution in [0.25, 0.3) is 10.9 Å². The standard InChI is InChI=1S/C15H18N2O/c1-15(2)7-9-17(10-15)14(18)12-5-3-4-11-6-8-16-13(11)12/h3-6,8,16H,7,9-10H2,1-2H3. The zero-order valence-electron chi connectivity index (χ0n) is 10.9. The minimum absolute atomic E-state index is 0.147. The molecule has 0 radical (unpaired) electrons. The van der Waals surface area contributed by atoms with Crippen LogP contribution in [-0.4, -0.2) is 28.9 Å². The summed E-state index contributed by atoms with van der Waals surface area (Å²) in [6.45, 7) is 6.15. The van der Waals surface area contributed by atoms with Crippen molar-refractivity contribution in [1.29, 1.82) is 0 Å². The van der Waals surface area contributed by atoms with Gasteiger partial charge in [0.1, 0.15) is 0 Å². The Bertz CT molecular complexity index is 597. The number of aromatic nitrogens is 1. The Morgan fingerprint density at radius 2 is 2.17 bits per heavy atom. The Morgan fingerprint density at radius 3 is 2.89 bits per heavy atom. The summed E-state index contributed by atoms with van der Waals surface area (Å²) in [6.07, 6.45) is 2.97. The van der Waals surface area contributed by atoms with Crippen LogP contribution in [0.5, 0.6) is 0 Å². The molecule has 0 saturated carbocycles. The van der Waals surface area contributed by atoms with Gasteiger partial charge in [0.25, 0.3) is 5.91 Å². The molecule has 1 aromatic carbocycles. The molecule has 1 aliphatic heterocycles. The van der Waals surface area contributed by atoms with Crippen molar-refractivity contribution in [2.24, 2.45) is 5.41 Å². The molecule has 1 aliphatic rings. The molecule has 94 valence electrons. The van der Waals surface area contributed by atoms with Gasteiger partial charge < -0.3 is 9.88 Å². The number of carbonyl (C=O) groups excluding carboxylic acids is 1.